The van der Waals surface area contributed by atoms with Crippen LogP contribution in [0.3, 0.4) is 0 Å². The Balaban J connectivity index is 2.01. The molecule has 0 heterocycles. The van der Waals surface area contributed by atoms with E-state index in [1.54, 1.807) is 18.2 Å². The summed E-state index contributed by atoms with van der Waals surface area (Å²) in [5.41, 5.74) is 0.569. The van der Waals surface area contributed by atoms with Crippen LogP contribution in [0.4, 0.5) is 8.78 Å². The molecule has 0 aliphatic rings. The second-order valence-electron chi connectivity index (χ2n) is 6.07. The minimum atomic E-state index is -3.77. The predicted octanol–water partition coefficient (Wildman–Crippen LogP) is 4.41. The van der Waals surface area contributed by atoms with Gasteiger partial charge in [0.25, 0.3) is 0 Å². The lowest BCUT2D eigenvalue weighted by Crippen LogP contribution is -2.23. The zero-order chi connectivity index (χ0) is 19.4. The minimum absolute atomic E-state index is 0.101. The summed E-state index contributed by atoms with van der Waals surface area (Å²) in [6, 6.07) is 17.8. The first-order valence-electron chi connectivity index (χ1n) is 8.20. The Labute approximate surface area is 156 Å². The van der Waals surface area contributed by atoms with Crippen LogP contribution in [0.2, 0.25) is 0 Å². The number of ketones is 1. The molecule has 0 bridgehead atoms. The second kappa shape index (κ2) is 7.80. The molecule has 0 radical (unpaired) electrons. The topological polar surface area (TPSA) is 51.2 Å². The third kappa shape index (κ3) is 4.46. The van der Waals surface area contributed by atoms with Gasteiger partial charge in [-0.3, -0.25) is 4.79 Å². The third-order valence-electron chi connectivity index (χ3n) is 4.21. The molecule has 0 aliphatic carbocycles. The Kier molecular flexibility index (Phi) is 5.46. The molecule has 0 amide bonds. The van der Waals surface area contributed by atoms with E-state index in [4.69, 9.17) is 0 Å². The van der Waals surface area contributed by atoms with Gasteiger partial charge in [0.2, 0.25) is 0 Å². The van der Waals surface area contributed by atoms with E-state index in [-0.39, 0.29) is 10.5 Å². The number of benzene rings is 3. The Morgan fingerprint density at radius 1 is 0.778 bits per heavy atom. The van der Waals surface area contributed by atoms with Crippen LogP contribution >= 0.6 is 0 Å². The molecule has 0 aliphatic heterocycles. The zero-order valence-electron chi connectivity index (χ0n) is 14.2. The molecule has 0 saturated carbocycles. The standard InChI is InChI=1S/C21H16F2O3S/c22-17-10-6-15(7-11-17)20(21(24)16-8-12-18(23)13-9-16)14-27(25,26)19-4-2-1-3-5-19/h1-13,20H,14H2. The number of hydrogen-bond donors (Lipinski definition) is 0. The van der Waals surface area contributed by atoms with Crippen molar-refractivity contribution in [3.8, 4) is 0 Å². The van der Waals surface area contributed by atoms with Crippen molar-refractivity contribution in [3.05, 3.63) is 102 Å². The maximum atomic E-state index is 13.3. The van der Waals surface area contributed by atoms with Gasteiger partial charge in [-0.2, -0.15) is 0 Å². The van der Waals surface area contributed by atoms with Gasteiger partial charge < -0.3 is 0 Å². The van der Waals surface area contributed by atoms with Gasteiger partial charge in [-0.25, -0.2) is 17.2 Å². The fourth-order valence-corrected chi connectivity index (χ4v) is 4.32. The van der Waals surface area contributed by atoms with E-state index in [2.05, 4.69) is 0 Å². The molecular weight excluding hydrogens is 370 g/mol. The molecule has 0 fully saturated rings. The smallest absolute Gasteiger partial charge is 0.179 e. The highest BCUT2D eigenvalue weighted by Crippen LogP contribution is 2.26. The molecule has 27 heavy (non-hydrogen) atoms. The highest BCUT2D eigenvalue weighted by molar-refractivity contribution is 7.91. The van der Waals surface area contributed by atoms with Gasteiger partial charge in [0.05, 0.1) is 16.6 Å². The van der Waals surface area contributed by atoms with Crippen molar-refractivity contribution in [1.29, 1.82) is 0 Å². The van der Waals surface area contributed by atoms with Crippen LogP contribution < -0.4 is 0 Å². The van der Waals surface area contributed by atoms with Gasteiger partial charge >= 0.3 is 0 Å². The van der Waals surface area contributed by atoms with Gasteiger partial charge in [0.1, 0.15) is 11.6 Å². The highest BCUT2D eigenvalue weighted by atomic mass is 32.2. The number of halogens is 2. The summed E-state index contributed by atoms with van der Waals surface area (Å²) in [6.45, 7) is 0. The molecule has 3 nitrogen and oxygen atoms in total. The second-order valence-corrected chi connectivity index (χ2v) is 8.10. The Morgan fingerprint density at radius 2 is 1.30 bits per heavy atom. The molecule has 3 aromatic rings. The molecular formula is C21H16F2O3S. The van der Waals surface area contributed by atoms with Crippen molar-refractivity contribution >= 4 is 15.6 Å². The zero-order valence-corrected chi connectivity index (χ0v) is 15.0. The van der Waals surface area contributed by atoms with Crippen molar-refractivity contribution in [2.75, 3.05) is 5.75 Å². The first kappa shape index (κ1) is 18.9. The van der Waals surface area contributed by atoms with E-state index in [0.717, 1.165) is 12.1 Å². The lowest BCUT2D eigenvalue weighted by atomic mass is 9.92. The van der Waals surface area contributed by atoms with Crippen LogP contribution in [-0.2, 0) is 9.84 Å². The number of hydrogen-bond acceptors (Lipinski definition) is 3. The van der Waals surface area contributed by atoms with Crippen LogP contribution in [0.15, 0.2) is 83.8 Å². The largest absolute Gasteiger partial charge is 0.293 e. The van der Waals surface area contributed by atoms with Crippen molar-refractivity contribution in [3.63, 3.8) is 0 Å². The van der Waals surface area contributed by atoms with E-state index < -0.39 is 38.9 Å². The van der Waals surface area contributed by atoms with Gasteiger partial charge in [0.15, 0.2) is 15.6 Å². The molecule has 0 aromatic heterocycles. The third-order valence-corrected chi connectivity index (χ3v) is 5.97. The molecule has 138 valence electrons. The molecule has 1 unspecified atom stereocenters. The molecule has 3 rings (SSSR count). The van der Waals surface area contributed by atoms with Gasteiger partial charge in [-0.1, -0.05) is 30.3 Å². The van der Waals surface area contributed by atoms with Crippen LogP contribution in [0, 0.1) is 11.6 Å². The van der Waals surface area contributed by atoms with E-state index in [1.165, 1.54) is 48.5 Å². The minimum Gasteiger partial charge on any atom is -0.293 e. The average Bonchev–Trinajstić information content (AvgIpc) is 2.68. The number of sulfone groups is 1. The fourth-order valence-electron chi connectivity index (χ4n) is 2.78. The lowest BCUT2D eigenvalue weighted by Gasteiger charge is -2.17. The Hall–Kier alpha value is -2.86. The number of carbonyl (C=O) groups excluding carboxylic acids is 1. The van der Waals surface area contributed by atoms with Crippen molar-refractivity contribution in [2.45, 2.75) is 10.8 Å². The molecule has 0 N–H and O–H groups in total. The summed E-state index contributed by atoms with van der Waals surface area (Å²) >= 11 is 0. The van der Waals surface area contributed by atoms with Crippen LogP contribution in [0.25, 0.3) is 0 Å². The van der Waals surface area contributed by atoms with E-state index in [9.17, 15) is 22.0 Å². The maximum absolute atomic E-state index is 13.3. The monoisotopic (exact) mass is 386 g/mol. The summed E-state index contributed by atoms with van der Waals surface area (Å²) in [7, 11) is -3.77. The van der Waals surface area contributed by atoms with Gasteiger partial charge in [-0.05, 0) is 54.1 Å². The van der Waals surface area contributed by atoms with Crippen LogP contribution in [-0.4, -0.2) is 20.0 Å². The Morgan fingerprint density at radius 3 is 1.85 bits per heavy atom. The SMILES string of the molecule is O=C(c1ccc(F)cc1)C(CS(=O)(=O)c1ccccc1)c1ccc(F)cc1. The molecule has 6 heteroatoms. The number of Topliss-reactive ketones (excluding diaryl/α,β-unsaturated/α-hetero) is 1. The van der Waals surface area contributed by atoms with E-state index in [0.29, 0.717) is 5.56 Å². The van der Waals surface area contributed by atoms with E-state index >= 15 is 0 Å². The van der Waals surface area contributed by atoms with Crippen LogP contribution in [0.1, 0.15) is 21.8 Å². The first-order chi connectivity index (χ1) is 12.9. The number of carbonyl (C=O) groups is 1. The van der Waals surface area contributed by atoms with Gasteiger partial charge in [0, 0.05) is 5.56 Å². The maximum Gasteiger partial charge on any atom is 0.179 e. The normalized spacial score (nSPS) is 12.5. The Bertz CT molecular complexity index is 1030. The summed E-state index contributed by atoms with van der Waals surface area (Å²) in [4.78, 5) is 13.1. The molecule has 3 aromatic carbocycles. The van der Waals surface area contributed by atoms with Crippen molar-refractivity contribution in [2.24, 2.45) is 0 Å². The van der Waals surface area contributed by atoms with Crippen molar-refractivity contribution < 1.29 is 22.0 Å². The summed E-state index contributed by atoms with van der Waals surface area (Å²) in [5, 5.41) is 0. The fraction of sp³-hybridized carbons (Fsp3) is 0.0952. The number of rotatable bonds is 6. The average molecular weight is 386 g/mol. The molecule has 0 spiro atoms. The summed E-state index contributed by atoms with van der Waals surface area (Å²) in [5.74, 6) is -2.97. The highest BCUT2D eigenvalue weighted by Gasteiger charge is 2.29. The van der Waals surface area contributed by atoms with E-state index in [1.807, 2.05) is 0 Å². The van der Waals surface area contributed by atoms with Crippen LogP contribution in [0.5, 0.6) is 0 Å². The summed E-state index contributed by atoms with van der Waals surface area (Å²) < 4.78 is 52.0. The lowest BCUT2D eigenvalue weighted by molar-refractivity contribution is 0.0967. The first-order valence-corrected chi connectivity index (χ1v) is 9.85. The summed E-state index contributed by atoms with van der Waals surface area (Å²) in [6.07, 6.45) is 0. The van der Waals surface area contributed by atoms with Crippen molar-refractivity contribution in [1.82, 2.24) is 0 Å². The predicted molar refractivity (Wildman–Crippen MR) is 98.4 cm³/mol. The quantitative estimate of drug-likeness (QED) is 0.590. The molecule has 0 saturated heterocycles. The van der Waals surface area contributed by atoms with Gasteiger partial charge in [-0.15, -0.1) is 0 Å². The molecule has 1 atom stereocenters.